The Balaban J connectivity index is 1.41. The van der Waals surface area contributed by atoms with Gasteiger partial charge in [-0.25, -0.2) is 4.98 Å². The van der Waals surface area contributed by atoms with E-state index in [0.29, 0.717) is 5.92 Å². The van der Waals surface area contributed by atoms with Crippen molar-refractivity contribution in [3.05, 3.63) is 18.2 Å². The number of aliphatic hydroxyl groups is 1. The summed E-state index contributed by atoms with van der Waals surface area (Å²) in [5, 5.41) is 10.7. The van der Waals surface area contributed by atoms with Gasteiger partial charge in [-0.3, -0.25) is 0 Å². The van der Waals surface area contributed by atoms with Crippen LogP contribution in [0.2, 0.25) is 0 Å². The molecule has 1 unspecified atom stereocenters. The van der Waals surface area contributed by atoms with Crippen LogP contribution in [-0.4, -0.2) is 20.8 Å². The minimum Gasteiger partial charge on any atom is -0.393 e. The molecular formula is C17H26N2O. The molecule has 3 nitrogen and oxygen atoms in total. The lowest BCUT2D eigenvalue weighted by molar-refractivity contribution is -0.0910. The number of aromatic nitrogens is 2. The van der Waals surface area contributed by atoms with Crippen molar-refractivity contribution in [3.8, 4) is 0 Å². The van der Waals surface area contributed by atoms with Gasteiger partial charge in [0.05, 0.1) is 6.10 Å². The van der Waals surface area contributed by atoms with Crippen LogP contribution in [-0.2, 0) is 13.5 Å². The molecule has 4 saturated carbocycles. The van der Waals surface area contributed by atoms with Crippen molar-refractivity contribution in [1.29, 1.82) is 0 Å². The fourth-order valence-electron chi connectivity index (χ4n) is 5.70. The molecule has 3 heteroatoms. The summed E-state index contributed by atoms with van der Waals surface area (Å²) in [6.45, 7) is 0. The monoisotopic (exact) mass is 274 g/mol. The lowest BCUT2D eigenvalue weighted by atomic mass is 9.50. The number of aryl methyl sites for hydroxylation is 2. The smallest absolute Gasteiger partial charge is 0.108 e. The zero-order valence-corrected chi connectivity index (χ0v) is 12.4. The summed E-state index contributed by atoms with van der Waals surface area (Å²) in [7, 11) is 2.04. The molecule has 0 aliphatic heterocycles. The van der Waals surface area contributed by atoms with E-state index in [1.807, 2.05) is 19.4 Å². The highest BCUT2D eigenvalue weighted by molar-refractivity contribution is 5.01. The summed E-state index contributed by atoms with van der Waals surface area (Å²) < 4.78 is 2.07. The first-order valence-corrected chi connectivity index (χ1v) is 8.35. The highest BCUT2D eigenvalue weighted by atomic mass is 16.3. The Morgan fingerprint density at radius 3 is 2.40 bits per heavy atom. The van der Waals surface area contributed by atoms with Gasteiger partial charge in [0.15, 0.2) is 0 Å². The molecule has 1 heterocycles. The van der Waals surface area contributed by atoms with Crippen LogP contribution >= 0.6 is 0 Å². The van der Waals surface area contributed by atoms with Gasteiger partial charge in [0, 0.05) is 25.9 Å². The average Bonchev–Trinajstić information content (AvgIpc) is 2.80. The number of hydrogen-bond donors (Lipinski definition) is 1. The van der Waals surface area contributed by atoms with Gasteiger partial charge >= 0.3 is 0 Å². The molecule has 1 N–H and O–H groups in total. The van der Waals surface area contributed by atoms with Gasteiger partial charge in [-0.2, -0.15) is 0 Å². The SMILES string of the molecule is Cn1ccnc1CCC(O)C1C2CC3CC(C2)CC1C3. The minimum atomic E-state index is -0.110. The van der Waals surface area contributed by atoms with Crippen molar-refractivity contribution in [1.82, 2.24) is 9.55 Å². The Morgan fingerprint density at radius 2 is 1.85 bits per heavy atom. The molecule has 110 valence electrons. The number of rotatable bonds is 4. The standard InChI is InChI=1S/C17H26N2O/c1-19-5-4-18-16(19)3-2-15(20)17-13-7-11-6-12(9-13)10-14(17)8-11/h4-5,11-15,17,20H,2-3,6-10H2,1H3. The molecule has 5 rings (SSSR count). The number of imidazole rings is 1. The fraction of sp³-hybridized carbons (Fsp3) is 0.824. The van der Waals surface area contributed by atoms with Gasteiger partial charge < -0.3 is 9.67 Å². The van der Waals surface area contributed by atoms with E-state index in [2.05, 4.69) is 9.55 Å². The fourth-order valence-corrected chi connectivity index (χ4v) is 5.70. The molecule has 0 spiro atoms. The van der Waals surface area contributed by atoms with Crippen molar-refractivity contribution >= 4 is 0 Å². The largest absolute Gasteiger partial charge is 0.393 e. The van der Waals surface area contributed by atoms with Gasteiger partial charge in [-0.1, -0.05) is 0 Å². The van der Waals surface area contributed by atoms with Gasteiger partial charge in [0.1, 0.15) is 5.82 Å². The molecule has 4 bridgehead atoms. The summed E-state index contributed by atoms with van der Waals surface area (Å²) in [4.78, 5) is 4.38. The van der Waals surface area contributed by atoms with E-state index in [-0.39, 0.29) is 6.10 Å². The zero-order valence-electron chi connectivity index (χ0n) is 12.4. The Labute approximate surface area is 121 Å². The number of nitrogens with zero attached hydrogens (tertiary/aromatic N) is 2. The molecule has 4 aliphatic rings. The van der Waals surface area contributed by atoms with E-state index in [1.54, 1.807) is 0 Å². The molecule has 1 aromatic heterocycles. The van der Waals surface area contributed by atoms with E-state index in [9.17, 15) is 5.11 Å². The van der Waals surface area contributed by atoms with Crippen LogP contribution in [0, 0.1) is 29.6 Å². The molecule has 0 radical (unpaired) electrons. The molecule has 0 aromatic carbocycles. The molecule has 0 amide bonds. The quantitative estimate of drug-likeness (QED) is 0.917. The van der Waals surface area contributed by atoms with Crippen molar-refractivity contribution in [3.63, 3.8) is 0 Å². The van der Waals surface area contributed by atoms with Gasteiger partial charge in [-0.05, 0) is 68.1 Å². The Morgan fingerprint density at radius 1 is 1.20 bits per heavy atom. The van der Waals surface area contributed by atoms with Crippen LogP contribution in [0.15, 0.2) is 12.4 Å². The Bertz CT molecular complexity index is 453. The Hall–Kier alpha value is -0.830. The summed E-state index contributed by atoms with van der Waals surface area (Å²) in [6, 6.07) is 0. The van der Waals surface area contributed by atoms with Gasteiger partial charge in [0.25, 0.3) is 0 Å². The van der Waals surface area contributed by atoms with Gasteiger partial charge in [-0.15, -0.1) is 0 Å². The topological polar surface area (TPSA) is 38.0 Å². The van der Waals surface area contributed by atoms with Crippen molar-refractivity contribution < 1.29 is 5.11 Å². The second-order valence-corrected chi connectivity index (χ2v) is 7.57. The third-order valence-corrected chi connectivity index (χ3v) is 6.33. The summed E-state index contributed by atoms with van der Waals surface area (Å²) >= 11 is 0. The van der Waals surface area contributed by atoms with Crippen molar-refractivity contribution in [2.45, 2.75) is 51.0 Å². The molecule has 4 aliphatic carbocycles. The number of aliphatic hydroxyl groups excluding tert-OH is 1. The van der Waals surface area contributed by atoms with Crippen LogP contribution in [0.25, 0.3) is 0 Å². The molecule has 20 heavy (non-hydrogen) atoms. The average molecular weight is 274 g/mol. The molecular weight excluding hydrogens is 248 g/mol. The Kier molecular flexibility index (Phi) is 3.13. The molecule has 4 fully saturated rings. The summed E-state index contributed by atoms with van der Waals surface area (Å²) in [5.74, 6) is 5.33. The second kappa shape index (κ2) is 4.87. The van der Waals surface area contributed by atoms with E-state index in [4.69, 9.17) is 0 Å². The third kappa shape index (κ3) is 2.11. The van der Waals surface area contributed by atoms with Crippen LogP contribution < -0.4 is 0 Å². The molecule has 1 aromatic rings. The maximum absolute atomic E-state index is 10.7. The van der Waals surface area contributed by atoms with Crippen LogP contribution in [0.3, 0.4) is 0 Å². The van der Waals surface area contributed by atoms with E-state index in [1.165, 1.54) is 32.1 Å². The first-order valence-electron chi connectivity index (χ1n) is 8.35. The maximum atomic E-state index is 10.7. The second-order valence-electron chi connectivity index (χ2n) is 7.57. The molecule has 0 saturated heterocycles. The predicted octanol–water partition coefficient (Wildman–Crippen LogP) is 2.79. The summed E-state index contributed by atoms with van der Waals surface area (Å²) in [6.07, 6.45) is 12.6. The lowest BCUT2D eigenvalue weighted by Crippen LogP contribution is -2.49. The lowest BCUT2D eigenvalue weighted by Gasteiger charge is -2.55. The van der Waals surface area contributed by atoms with Crippen molar-refractivity contribution in [2.75, 3.05) is 0 Å². The highest BCUT2D eigenvalue weighted by Crippen LogP contribution is 2.57. The van der Waals surface area contributed by atoms with Crippen LogP contribution in [0.4, 0.5) is 0 Å². The first kappa shape index (κ1) is 12.9. The highest BCUT2D eigenvalue weighted by Gasteiger charge is 2.50. The van der Waals surface area contributed by atoms with Crippen LogP contribution in [0.1, 0.15) is 44.3 Å². The van der Waals surface area contributed by atoms with E-state index in [0.717, 1.165) is 42.3 Å². The maximum Gasteiger partial charge on any atom is 0.108 e. The minimum absolute atomic E-state index is 0.110. The van der Waals surface area contributed by atoms with E-state index < -0.39 is 0 Å². The number of hydrogen-bond acceptors (Lipinski definition) is 2. The first-order chi connectivity index (χ1) is 9.70. The van der Waals surface area contributed by atoms with Crippen molar-refractivity contribution in [2.24, 2.45) is 36.6 Å². The predicted molar refractivity (Wildman–Crippen MR) is 78.1 cm³/mol. The summed E-state index contributed by atoms with van der Waals surface area (Å²) in [5.41, 5.74) is 0. The third-order valence-electron chi connectivity index (χ3n) is 6.33. The molecule has 1 atom stereocenters. The zero-order chi connectivity index (χ0) is 13.7. The van der Waals surface area contributed by atoms with Crippen LogP contribution in [0.5, 0.6) is 0 Å². The van der Waals surface area contributed by atoms with E-state index >= 15 is 0 Å². The normalized spacial score (nSPS) is 40.2. The van der Waals surface area contributed by atoms with Gasteiger partial charge in [0.2, 0.25) is 0 Å².